The number of urea groups is 1. The van der Waals surface area contributed by atoms with Crippen molar-refractivity contribution in [2.75, 3.05) is 13.1 Å². The highest BCUT2D eigenvalue weighted by Gasteiger charge is 2.39. The van der Waals surface area contributed by atoms with Crippen LogP contribution < -0.4 is 5.32 Å². The summed E-state index contributed by atoms with van der Waals surface area (Å²) < 4.78 is 0. The smallest absolute Gasteiger partial charge is 0.317 e. The van der Waals surface area contributed by atoms with Crippen LogP contribution in [0, 0.1) is 0 Å². The van der Waals surface area contributed by atoms with Gasteiger partial charge in [-0.2, -0.15) is 0 Å². The predicted octanol–water partition coefficient (Wildman–Crippen LogP) is 3.69. The molecule has 114 valence electrons. The molecule has 2 fully saturated rings. The number of amides is 2. The molecule has 3 nitrogen and oxygen atoms in total. The van der Waals surface area contributed by atoms with Gasteiger partial charge in [0.05, 0.1) is 0 Å². The summed E-state index contributed by atoms with van der Waals surface area (Å²) in [6.45, 7) is 3.85. The van der Waals surface area contributed by atoms with E-state index in [0.717, 1.165) is 25.9 Å². The molecule has 1 aromatic carbocycles. The molecule has 1 saturated carbocycles. The molecule has 2 amide bonds. The quantitative estimate of drug-likeness (QED) is 0.903. The van der Waals surface area contributed by atoms with Crippen LogP contribution in [0.3, 0.4) is 0 Å². The van der Waals surface area contributed by atoms with Crippen molar-refractivity contribution >= 4 is 6.03 Å². The summed E-state index contributed by atoms with van der Waals surface area (Å²) in [4.78, 5) is 14.5. The molecular weight excluding hydrogens is 260 g/mol. The maximum absolute atomic E-state index is 12.4. The van der Waals surface area contributed by atoms with Gasteiger partial charge in [-0.3, -0.25) is 0 Å². The molecule has 1 saturated heterocycles. The van der Waals surface area contributed by atoms with E-state index in [9.17, 15) is 4.79 Å². The predicted molar refractivity (Wildman–Crippen MR) is 85.4 cm³/mol. The molecule has 1 atom stereocenters. The lowest BCUT2D eigenvalue weighted by molar-refractivity contribution is 0.150. The maximum Gasteiger partial charge on any atom is 0.317 e. The number of rotatable bonds is 3. The Kier molecular flexibility index (Phi) is 4.18. The molecule has 1 aliphatic carbocycles. The second-order valence-electron chi connectivity index (χ2n) is 6.70. The van der Waals surface area contributed by atoms with Crippen molar-refractivity contribution < 1.29 is 4.79 Å². The zero-order valence-corrected chi connectivity index (χ0v) is 13.0. The van der Waals surface area contributed by atoms with Gasteiger partial charge in [-0.25, -0.2) is 4.79 Å². The first kappa shape index (κ1) is 14.4. The van der Waals surface area contributed by atoms with Crippen molar-refractivity contribution in [2.24, 2.45) is 0 Å². The first-order valence-corrected chi connectivity index (χ1v) is 8.31. The van der Waals surface area contributed by atoms with E-state index in [-0.39, 0.29) is 11.4 Å². The zero-order chi connectivity index (χ0) is 14.7. The van der Waals surface area contributed by atoms with Crippen LogP contribution >= 0.6 is 0 Å². The number of nitrogens with zero attached hydrogens (tertiary/aromatic N) is 1. The average Bonchev–Trinajstić information content (AvgIpc) is 2.47. The Morgan fingerprint density at radius 3 is 2.62 bits per heavy atom. The fourth-order valence-electron chi connectivity index (χ4n) is 3.71. The van der Waals surface area contributed by atoms with Crippen LogP contribution in [0.25, 0.3) is 0 Å². The average molecular weight is 286 g/mol. The third-order valence-corrected chi connectivity index (χ3v) is 5.34. The van der Waals surface area contributed by atoms with Crippen LogP contribution in [0.1, 0.15) is 51.0 Å². The van der Waals surface area contributed by atoms with Crippen molar-refractivity contribution in [2.45, 2.75) is 56.9 Å². The third kappa shape index (κ3) is 2.92. The molecule has 1 heterocycles. The lowest BCUT2D eigenvalue weighted by Gasteiger charge is -2.43. The minimum atomic E-state index is 0.129. The van der Waals surface area contributed by atoms with E-state index in [0.29, 0.717) is 6.04 Å². The standard InChI is InChI=1S/C18H26N2O/c1-15-8-5-6-13-20(15)17(21)19-14-18(11-7-12-18)16-9-3-2-4-10-16/h2-4,9-10,15H,5-8,11-14H2,1H3,(H,19,21). The van der Waals surface area contributed by atoms with E-state index >= 15 is 0 Å². The Bertz CT molecular complexity index is 481. The molecule has 0 bridgehead atoms. The minimum Gasteiger partial charge on any atom is -0.337 e. The summed E-state index contributed by atoms with van der Waals surface area (Å²) in [5, 5.41) is 3.21. The molecule has 1 aliphatic heterocycles. The Morgan fingerprint density at radius 1 is 1.24 bits per heavy atom. The molecule has 3 heteroatoms. The van der Waals surface area contributed by atoms with Gasteiger partial charge in [-0.05, 0) is 44.6 Å². The molecule has 21 heavy (non-hydrogen) atoms. The van der Waals surface area contributed by atoms with Crippen molar-refractivity contribution in [3.8, 4) is 0 Å². The largest absolute Gasteiger partial charge is 0.337 e. The van der Waals surface area contributed by atoms with E-state index in [1.165, 1.54) is 31.2 Å². The molecule has 1 aromatic rings. The summed E-state index contributed by atoms with van der Waals surface area (Å²) in [7, 11) is 0. The van der Waals surface area contributed by atoms with Crippen LogP contribution in [0.2, 0.25) is 0 Å². The summed E-state index contributed by atoms with van der Waals surface area (Å²) >= 11 is 0. The Morgan fingerprint density at radius 2 is 2.00 bits per heavy atom. The highest BCUT2D eigenvalue weighted by Crippen LogP contribution is 2.43. The number of likely N-dealkylation sites (tertiary alicyclic amines) is 1. The van der Waals surface area contributed by atoms with Crippen molar-refractivity contribution in [3.05, 3.63) is 35.9 Å². The number of piperidine rings is 1. The monoisotopic (exact) mass is 286 g/mol. The fraction of sp³-hybridized carbons (Fsp3) is 0.611. The van der Waals surface area contributed by atoms with E-state index in [1.807, 2.05) is 4.90 Å². The second-order valence-corrected chi connectivity index (χ2v) is 6.70. The van der Waals surface area contributed by atoms with Gasteiger partial charge in [-0.15, -0.1) is 0 Å². The molecule has 0 radical (unpaired) electrons. The number of carbonyl (C=O) groups is 1. The molecule has 2 aliphatic rings. The lowest BCUT2D eigenvalue weighted by atomic mass is 9.64. The van der Waals surface area contributed by atoms with Crippen LogP contribution in [0.5, 0.6) is 0 Å². The summed E-state index contributed by atoms with van der Waals surface area (Å²) in [6, 6.07) is 11.2. The summed E-state index contributed by atoms with van der Waals surface area (Å²) in [5.41, 5.74) is 1.55. The van der Waals surface area contributed by atoms with Crippen molar-refractivity contribution in [1.29, 1.82) is 0 Å². The first-order valence-electron chi connectivity index (χ1n) is 8.31. The molecular formula is C18H26N2O. The van der Waals surface area contributed by atoms with Crippen LogP contribution in [-0.4, -0.2) is 30.1 Å². The fourth-order valence-corrected chi connectivity index (χ4v) is 3.71. The molecule has 0 spiro atoms. The number of benzene rings is 1. The van der Waals surface area contributed by atoms with Gasteiger partial charge in [0.15, 0.2) is 0 Å². The van der Waals surface area contributed by atoms with Crippen molar-refractivity contribution in [3.63, 3.8) is 0 Å². The van der Waals surface area contributed by atoms with Crippen LogP contribution in [-0.2, 0) is 5.41 Å². The van der Waals surface area contributed by atoms with Gasteiger partial charge >= 0.3 is 6.03 Å². The molecule has 1 unspecified atom stereocenters. The zero-order valence-electron chi connectivity index (χ0n) is 13.0. The summed E-state index contributed by atoms with van der Waals surface area (Å²) in [5.74, 6) is 0. The molecule has 1 N–H and O–H groups in total. The summed E-state index contributed by atoms with van der Waals surface area (Å²) in [6.07, 6.45) is 7.17. The number of nitrogens with one attached hydrogen (secondary N) is 1. The first-order chi connectivity index (χ1) is 10.2. The molecule has 0 aromatic heterocycles. The van der Waals surface area contributed by atoms with Gasteiger partial charge in [0.25, 0.3) is 0 Å². The minimum absolute atomic E-state index is 0.129. The SMILES string of the molecule is CC1CCCCN1C(=O)NCC1(c2ccccc2)CCC1. The van der Waals surface area contributed by atoms with E-state index in [4.69, 9.17) is 0 Å². The lowest BCUT2D eigenvalue weighted by Crippen LogP contribution is -2.52. The van der Waals surface area contributed by atoms with Gasteiger partial charge in [0.1, 0.15) is 0 Å². The third-order valence-electron chi connectivity index (χ3n) is 5.34. The van der Waals surface area contributed by atoms with Gasteiger partial charge in [0, 0.05) is 24.5 Å². The van der Waals surface area contributed by atoms with Crippen molar-refractivity contribution in [1.82, 2.24) is 10.2 Å². The van der Waals surface area contributed by atoms with Crippen LogP contribution in [0.4, 0.5) is 4.79 Å². The van der Waals surface area contributed by atoms with Crippen LogP contribution in [0.15, 0.2) is 30.3 Å². The van der Waals surface area contributed by atoms with E-state index in [1.54, 1.807) is 0 Å². The second kappa shape index (κ2) is 6.08. The Hall–Kier alpha value is -1.51. The number of hydrogen-bond donors (Lipinski definition) is 1. The number of carbonyl (C=O) groups excluding carboxylic acids is 1. The van der Waals surface area contributed by atoms with Gasteiger partial charge < -0.3 is 10.2 Å². The highest BCUT2D eigenvalue weighted by atomic mass is 16.2. The Balaban J connectivity index is 1.62. The van der Waals surface area contributed by atoms with E-state index < -0.39 is 0 Å². The Labute approximate surface area is 127 Å². The molecule has 3 rings (SSSR count). The number of hydrogen-bond acceptors (Lipinski definition) is 1. The normalized spacial score (nSPS) is 24.2. The van der Waals surface area contributed by atoms with Gasteiger partial charge in [-0.1, -0.05) is 36.8 Å². The van der Waals surface area contributed by atoms with E-state index in [2.05, 4.69) is 42.6 Å². The topological polar surface area (TPSA) is 32.3 Å². The highest BCUT2D eigenvalue weighted by molar-refractivity contribution is 5.74. The van der Waals surface area contributed by atoms with Gasteiger partial charge in [0.2, 0.25) is 0 Å². The maximum atomic E-state index is 12.4.